The molecule has 1 fully saturated rings. The van der Waals surface area contributed by atoms with E-state index in [0.29, 0.717) is 11.1 Å². The van der Waals surface area contributed by atoms with Crippen LogP contribution in [0.5, 0.6) is 0 Å². The number of carbonyl (C=O) groups excluding carboxylic acids is 1. The molecule has 1 heterocycles. The maximum absolute atomic E-state index is 11.5. The zero-order chi connectivity index (χ0) is 8.18. The van der Waals surface area contributed by atoms with Crippen LogP contribution < -0.4 is 0 Å². The third kappa shape index (κ3) is 0.709. The summed E-state index contributed by atoms with van der Waals surface area (Å²) in [7, 11) is 0. The van der Waals surface area contributed by atoms with Gasteiger partial charge in [-0.25, -0.2) is 4.98 Å². The average molecular weight is 162 g/mol. The van der Waals surface area contributed by atoms with Crippen molar-refractivity contribution in [1.29, 1.82) is 0 Å². The molecule has 12 heavy (non-hydrogen) atoms. The predicted octanol–water partition coefficient (Wildman–Crippen LogP) is 1.32. The Morgan fingerprint density at radius 3 is 3.00 bits per heavy atom. The standard InChI is InChI=1S/C9H10N2O/c12-7-4-9(1-2-9)3-6-8(7)11-5-10-6/h5H,1-4H2,(H,10,11). The van der Waals surface area contributed by atoms with E-state index in [0.717, 1.165) is 18.5 Å². The van der Waals surface area contributed by atoms with Gasteiger partial charge >= 0.3 is 0 Å². The fourth-order valence-corrected chi connectivity index (χ4v) is 2.09. The molecule has 2 aliphatic rings. The number of rotatable bonds is 0. The number of hydrogen-bond acceptors (Lipinski definition) is 2. The lowest BCUT2D eigenvalue weighted by Crippen LogP contribution is -2.20. The van der Waals surface area contributed by atoms with E-state index in [-0.39, 0.29) is 5.78 Å². The van der Waals surface area contributed by atoms with Crippen LogP contribution in [0.15, 0.2) is 6.33 Å². The zero-order valence-electron chi connectivity index (χ0n) is 6.76. The Balaban J connectivity index is 2.10. The minimum absolute atomic E-state index is 0.231. The van der Waals surface area contributed by atoms with Crippen molar-refractivity contribution in [3.05, 3.63) is 17.7 Å². The zero-order valence-corrected chi connectivity index (χ0v) is 6.76. The Morgan fingerprint density at radius 1 is 1.42 bits per heavy atom. The lowest BCUT2D eigenvalue weighted by atomic mass is 9.86. The number of nitrogens with zero attached hydrogens (tertiary/aromatic N) is 1. The van der Waals surface area contributed by atoms with E-state index < -0.39 is 0 Å². The van der Waals surface area contributed by atoms with Gasteiger partial charge in [0, 0.05) is 12.1 Å². The summed E-state index contributed by atoms with van der Waals surface area (Å²) in [5.74, 6) is 0.231. The topological polar surface area (TPSA) is 45.8 Å². The van der Waals surface area contributed by atoms with Crippen molar-refractivity contribution in [1.82, 2.24) is 9.97 Å². The molecule has 0 amide bonds. The molecule has 0 aliphatic heterocycles. The smallest absolute Gasteiger partial charge is 0.183 e. The average Bonchev–Trinajstić information content (AvgIpc) is 2.63. The number of imidazole rings is 1. The van der Waals surface area contributed by atoms with Crippen molar-refractivity contribution in [2.75, 3.05) is 0 Å². The molecule has 0 aromatic carbocycles. The van der Waals surface area contributed by atoms with Crippen molar-refractivity contribution in [2.45, 2.75) is 25.7 Å². The summed E-state index contributed by atoms with van der Waals surface area (Å²) in [6.07, 6.45) is 5.83. The second-order valence-corrected chi connectivity index (χ2v) is 4.01. The number of aromatic nitrogens is 2. The van der Waals surface area contributed by atoms with Gasteiger partial charge in [0.1, 0.15) is 5.69 Å². The monoisotopic (exact) mass is 162 g/mol. The first-order chi connectivity index (χ1) is 5.79. The van der Waals surface area contributed by atoms with Gasteiger partial charge in [-0.15, -0.1) is 0 Å². The van der Waals surface area contributed by atoms with Gasteiger partial charge in [0.25, 0.3) is 0 Å². The maximum atomic E-state index is 11.5. The van der Waals surface area contributed by atoms with E-state index in [4.69, 9.17) is 0 Å². The van der Waals surface area contributed by atoms with Gasteiger partial charge in [-0.05, 0) is 24.7 Å². The highest BCUT2D eigenvalue weighted by atomic mass is 16.1. The molecule has 1 aromatic heterocycles. The Bertz CT molecular complexity index is 349. The lowest BCUT2D eigenvalue weighted by molar-refractivity contribution is 0.0936. The number of ketones is 1. The summed E-state index contributed by atoms with van der Waals surface area (Å²) in [6, 6.07) is 0. The van der Waals surface area contributed by atoms with E-state index in [1.165, 1.54) is 12.8 Å². The molecule has 1 spiro atoms. The lowest BCUT2D eigenvalue weighted by Gasteiger charge is -2.18. The third-order valence-electron chi connectivity index (χ3n) is 3.03. The number of Topliss-reactive ketones (excluding diaryl/α,β-unsaturated/α-hetero) is 1. The number of H-pyrrole nitrogens is 1. The van der Waals surface area contributed by atoms with Crippen LogP contribution in [0.3, 0.4) is 0 Å². The molecular formula is C9H10N2O. The van der Waals surface area contributed by atoms with Gasteiger partial charge in [-0.1, -0.05) is 0 Å². The van der Waals surface area contributed by atoms with Crippen LogP contribution >= 0.6 is 0 Å². The molecule has 1 saturated carbocycles. The van der Waals surface area contributed by atoms with Gasteiger partial charge in [0.2, 0.25) is 0 Å². The van der Waals surface area contributed by atoms with Gasteiger partial charge in [0.15, 0.2) is 5.78 Å². The summed E-state index contributed by atoms with van der Waals surface area (Å²) in [4.78, 5) is 18.6. The fraction of sp³-hybridized carbons (Fsp3) is 0.556. The second-order valence-electron chi connectivity index (χ2n) is 4.01. The van der Waals surface area contributed by atoms with Crippen LogP contribution in [0.4, 0.5) is 0 Å². The van der Waals surface area contributed by atoms with Crippen molar-refractivity contribution < 1.29 is 4.79 Å². The van der Waals surface area contributed by atoms with E-state index in [9.17, 15) is 4.79 Å². The van der Waals surface area contributed by atoms with Crippen LogP contribution in [0.25, 0.3) is 0 Å². The molecule has 0 saturated heterocycles. The molecule has 62 valence electrons. The molecule has 0 bridgehead atoms. The van der Waals surface area contributed by atoms with Gasteiger partial charge in [-0.2, -0.15) is 0 Å². The van der Waals surface area contributed by atoms with Crippen LogP contribution in [0.2, 0.25) is 0 Å². The third-order valence-corrected chi connectivity index (χ3v) is 3.03. The van der Waals surface area contributed by atoms with Crippen LogP contribution in [-0.4, -0.2) is 15.8 Å². The number of fused-ring (bicyclic) bond motifs is 1. The largest absolute Gasteiger partial charge is 0.348 e. The highest BCUT2D eigenvalue weighted by Crippen LogP contribution is 2.53. The normalized spacial score (nSPS) is 24.2. The van der Waals surface area contributed by atoms with Crippen LogP contribution in [0, 0.1) is 5.41 Å². The first kappa shape index (κ1) is 6.40. The van der Waals surface area contributed by atoms with E-state index >= 15 is 0 Å². The molecule has 3 rings (SSSR count). The van der Waals surface area contributed by atoms with E-state index in [1.54, 1.807) is 6.33 Å². The Morgan fingerprint density at radius 2 is 2.25 bits per heavy atom. The predicted molar refractivity (Wildman–Crippen MR) is 42.9 cm³/mol. The number of aromatic amines is 1. The van der Waals surface area contributed by atoms with Gasteiger partial charge in [-0.3, -0.25) is 4.79 Å². The summed E-state index contributed by atoms with van der Waals surface area (Å²) >= 11 is 0. The van der Waals surface area contributed by atoms with Gasteiger partial charge in [0.05, 0.1) is 6.33 Å². The Labute approximate surface area is 70.2 Å². The van der Waals surface area contributed by atoms with Crippen LogP contribution in [0.1, 0.15) is 35.4 Å². The molecule has 3 nitrogen and oxygen atoms in total. The van der Waals surface area contributed by atoms with E-state index in [2.05, 4.69) is 9.97 Å². The number of carbonyl (C=O) groups is 1. The molecule has 1 aromatic rings. The first-order valence-electron chi connectivity index (χ1n) is 4.35. The molecule has 0 atom stereocenters. The summed E-state index contributed by atoms with van der Waals surface area (Å²) < 4.78 is 0. The quantitative estimate of drug-likeness (QED) is 0.625. The first-order valence-corrected chi connectivity index (χ1v) is 4.35. The molecule has 0 radical (unpaired) electrons. The Kier molecular flexibility index (Phi) is 0.953. The number of nitrogens with one attached hydrogen (secondary N) is 1. The molecular weight excluding hydrogens is 152 g/mol. The van der Waals surface area contributed by atoms with Crippen molar-refractivity contribution in [3.8, 4) is 0 Å². The molecule has 2 aliphatic carbocycles. The Hall–Kier alpha value is -1.12. The second kappa shape index (κ2) is 1.79. The van der Waals surface area contributed by atoms with Crippen molar-refractivity contribution in [2.24, 2.45) is 5.41 Å². The summed E-state index contributed by atoms with van der Waals surface area (Å²) in [5, 5.41) is 0. The highest BCUT2D eigenvalue weighted by molar-refractivity contribution is 5.97. The fourth-order valence-electron chi connectivity index (χ4n) is 2.09. The SMILES string of the molecule is O=C1CC2(CC2)Cc2[nH]cnc21. The minimum atomic E-state index is 0.231. The van der Waals surface area contributed by atoms with Crippen molar-refractivity contribution >= 4 is 5.78 Å². The maximum Gasteiger partial charge on any atom is 0.183 e. The van der Waals surface area contributed by atoms with Crippen molar-refractivity contribution in [3.63, 3.8) is 0 Å². The summed E-state index contributed by atoms with van der Waals surface area (Å²) in [5.41, 5.74) is 2.09. The highest BCUT2D eigenvalue weighted by Gasteiger charge is 2.48. The van der Waals surface area contributed by atoms with Gasteiger partial charge < -0.3 is 4.98 Å². The van der Waals surface area contributed by atoms with Crippen LogP contribution in [-0.2, 0) is 6.42 Å². The van der Waals surface area contributed by atoms with E-state index in [1.807, 2.05) is 0 Å². The molecule has 1 N–H and O–H groups in total. The molecule has 0 unspecified atom stereocenters. The minimum Gasteiger partial charge on any atom is -0.348 e. The molecule has 3 heteroatoms. The summed E-state index contributed by atoms with van der Waals surface area (Å²) in [6.45, 7) is 0. The number of hydrogen-bond donors (Lipinski definition) is 1.